The smallest absolute Gasteiger partial charge is 0.305 e. The number of carbonyl (C=O) groups excluding carboxylic acids is 2. The Labute approximate surface area is 266 Å². The zero-order chi connectivity index (χ0) is 29.6. The van der Waals surface area contributed by atoms with E-state index in [1.54, 1.807) is 36.0 Å². The standard InChI is InChI=1S/C33H26Cl2N2O4S2/c1-15-3-2-4-16(11-15)14-41-23-10-7-18(35)12-20(23)24-25-21-13-22(28(25)42-30-29(24)43-33(40)36-30)27-26(21)31(38)37(32(27)39)19-8-5-17(34)6-9-19/h2-12,21-22,24-28H,13-14H2,1H3,(H,36,40)/t21?,22?,24-,25?,26?,27?,28?/m1/s1. The lowest BCUT2D eigenvalue weighted by molar-refractivity contribution is -0.123. The van der Waals surface area contributed by atoms with E-state index in [0.29, 0.717) is 28.1 Å². The predicted octanol–water partition coefficient (Wildman–Crippen LogP) is 7.31. The number of aromatic amines is 1. The minimum absolute atomic E-state index is 0.0137. The molecular weight excluding hydrogens is 623 g/mol. The summed E-state index contributed by atoms with van der Waals surface area (Å²) in [6, 6.07) is 20.8. The number of carbonyl (C=O) groups is 2. The van der Waals surface area contributed by atoms with Gasteiger partial charge in [0.2, 0.25) is 11.8 Å². The molecule has 2 aliphatic carbocycles. The van der Waals surface area contributed by atoms with Crippen LogP contribution in [0.5, 0.6) is 5.75 Å². The molecule has 0 spiro atoms. The van der Waals surface area contributed by atoms with Crippen molar-refractivity contribution in [1.82, 2.24) is 4.98 Å². The van der Waals surface area contributed by atoms with Gasteiger partial charge in [-0.05, 0) is 79.1 Å². The molecule has 1 aromatic heterocycles. The van der Waals surface area contributed by atoms with E-state index < -0.39 is 5.92 Å². The number of benzene rings is 3. The van der Waals surface area contributed by atoms with Crippen LogP contribution in [-0.4, -0.2) is 22.0 Å². The molecular formula is C33H26Cl2N2O4S2. The Balaban J connectivity index is 1.20. The summed E-state index contributed by atoms with van der Waals surface area (Å²) in [4.78, 5) is 45.9. The van der Waals surface area contributed by atoms with E-state index in [9.17, 15) is 14.4 Å². The van der Waals surface area contributed by atoms with Crippen LogP contribution >= 0.6 is 46.3 Å². The number of nitrogens with one attached hydrogen (secondary N) is 1. The van der Waals surface area contributed by atoms with Gasteiger partial charge in [0.05, 0.1) is 22.5 Å². The molecule has 7 atom stereocenters. The molecule has 2 aliphatic heterocycles. The third-order valence-corrected chi connectivity index (χ3v) is 12.7. The van der Waals surface area contributed by atoms with Crippen molar-refractivity contribution in [2.24, 2.45) is 29.6 Å². The maximum atomic E-state index is 14.0. The van der Waals surface area contributed by atoms with Gasteiger partial charge in [-0.3, -0.25) is 19.3 Å². The quantitative estimate of drug-likeness (QED) is 0.230. The van der Waals surface area contributed by atoms with Crippen molar-refractivity contribution < 1.29 is 14.3 Å². The van der Waals surface area contributed by atoms with Gasteiger partial charge in [-0.2, -0.15) is 0 Å². The van der Waals surface area contributed by atoms with Crippen LogP contribution < -0.4 is 14.5 Å². The lowest BCUT2D eigenvalue weighted by atomic mass is 9.68. The van der Waals surface area contributed by atoms with E-state index in [1.807, 2.05) is 30.3 Å². The summed E-state index contributed by atoms with van der Waals surface area (Å²) in [7, 11) is 0. The SMILES string of the molecule is Cc1cccc(COc2ccc(Cl)cc2[C@H]2c3sc(=O)[nH]c3SC3C4CC(C5C(=O)N(c6ccc(Cl)cc6)C(=O)C45)C32)c1. The molecule has 1 saturated heterocycles. The van der Waals surface area contributed by atoms with Crippen LogP contribution in [0.1, 0.15) is 33.9 Å². The van der Waals surface area contributed by atoms with E-state index in [2.05, 4.69) is 24.0 Å². The number of fused-ring (bicyclic) bond motifs is 9. The van der Waals surface area contributed by atoms with Gasteiger partial charge in [0.25, 0.3) is 0 Å². The highest BCUT2D eigenvalue weighted by atomic mass is 35.5. The number of anilines is 1. The van der Waals surface area contributed by atoms with Crippen molar-refractivity contribution in [1.29, 1.82) is 0 Å². The number of hydrogen-bond donors (Lipinski definition) is 1. The van der Waals surface area contributed by atoms with Crippen molar-refractivity contribution >= 4 is 63.8 Å². The number of aryl methyl sites for hydroxylation is 1. The molecule has 10 heteroatoms. The molecule has 0 radical (unpaired) electrons. The van der Waals surface area contributed by atoms with Crippen LogP contribution in [0.25, 0.3) is 0 Å². The number of ether oxygens (including phenoxy) is 1. The average molecular weight is 650 g/mol. The number of imide groups is 1. The molecule has 1 N–H and O–H groups in total. The first kappa shape index (κ1) is 27.5. The van der Waals surface area contributed by atoms with Crippen molar-refractivity contribution in [3.8, 4) is 5.75 Å². The minimum atomic E-state index is -0.398. The third-order valence-electron chi connectivity index (χ3n) is 9.59. The molecule has 3 fully saturated rings. The normalized spacial score (nSPS) is 28.6. The fourth-order valence-electron chi connectivity index (χ4n) is 8.07. The van der Waals surface area contributed by atoms with Gasteiger partial charge in [-0.15, -0.1) is 11.8 Å². The summed E-state index contributed by atoms with van der Waals surface area (Å²) < 4.78 is 6.46. The first-order chi connectivity index (χ1) is 20.8. The Hall–Kier alpha value is -3.04. The zero-order valence-corrected chi connectivity index (χ0v) is 26.1. The zero-order valence-electron chi connectivity index (χ0n) is 23.0. The number of amides is 2. The van der Waals surface area contributed by atoms with Crippen molar-refractivity contribution in [2.45, 2.75) is 36.1 Å². The monoisotopic (exact) mass is 648 g/mol. The molecule has 6 nitrogen and oxygen atoms in total. The summed E-state index contributed by atoms with van der Waals surface area (Å²) in [6.45, 7) is 2.44. The second-order valence-corrected chi connectivity index (χ2v) is 15.0. The number of H-pyrrole nitrogens is 1. The van der Waals surface area contributed by atoms with E-state index in [-0.39, 0.29) is 51.5 Å². The van der Waals surface area contributed by atoms with E-state index in [1.165, 1.54) is 16.2 Å². The van der Waals surface area contributed by atoms with Crippen LogP contribution in [0, 0.1) is 36.5 Å². The molecule has 2 amide bonds. The van der Waals surface area contributed by atoms with Crippen LogP contribution in [0.2, 0.25) is 10.0 Å². The molecule has 2 bridgehead atoms. The molecule has 4 aliphatic rings. The summed E-state index contributed by atoms with van der Waals surface area (Å²) in [5.41, 5.74) is 3.70. The number of halogens is 2. The van der Waals surface area contributed by atoms with Gasteiger partial charge >= 0.3 is 4.87 Å². The summed E-state index contributed by atoms with van der Waals surface area (Å²) in [6.07, 6.45) is 0.805. The second-order valence-electron chi connectivity index (χ2n) is 11.9. The first-order valence-corrected chi connectivity index (χ1v) is 16.7. The number of nitrogens with zero attached hydrogens (tertiary/aromatic N) is 1. The predicted molar refractivity (Wildman–Crippen MR) is 169 cm³/mol. The lowest BCUT2D eigenvalue weighted by Gasteiger charge is -2.43. The van der Waals surface area contributed by atoms with Crippen LogP contribution in [0.15, 0.2) is 76.6 Å². The van der Waals surface area contributed by atoms with E-state index in [0.717, 1.165) is 33.0 Å². The van der Waals surface area contributed by atoms with Crippen molar-refractivity contribution in [2.75, 3.05) is 4.90 Å². The highest BCUT2D eigenvalue weighted by molar-refractivity contribution is 8.00. The van der Waals surface area contributed by atoms with E-state index >= 15 is 0 Å². The molecule has 6 unspecified atom stereocenters. The Morgan fingerprint density at radius 3 is 2.44 bits per heavy atom. The number of thiazole rings is 1. The Bertz CT molecular complexity index is 1850. The van der Waals surface area contributed by atoms with Gasteiger partial charge in [-0.1, -0.05) is 64.4 Å². The largest absolute Gasteiger partial charge is 0.489 e. The highest BCUT2D eigenvalue weighted by Crippen LogP contribution is 2.69. The molecule has 3 heterocycles. The maximum Gasteiger partial charge on any atom is 0.305 e. The van der Waals surface area contributed by atoms with Gasteiger partial charge < -0.3 is 9.72 Å². The summed E-state index contributed by atoms with van der Waals surface area (Å²) >= 11 is 15.6. The van der Waals surface area contributed by atoms with Gasteiger partial charge in [0.15, 0.2) is 0 Å². The average Bonchev–Trinajstić information content (AvgIpc) is 3.72. The Morgan fingerprint density at radius 2 is 1.67 bits per heavy atom. The fourth-order valence-corrected chi connectivity index (χ4v) is 11.3. The molecule has 2 saturated carbocycles. The summed E-state index contributed by atoms with van der Waals surface area (Å²) in [5.74, 6) is -0.469. The number of aromatic nitrogens is 1. The second kappa shape index (κ2) is 10.3. The van der Waals surface area contributed by atoms with Crippen molar-refractivity contribution in [3.05, 3.63) is 108 Å². The lowest BCUT2D eigenvalue weighted by Crippen LogP contribution is -2.42. The van der Waals surface area contributed by atoms with Crippen LogP contribution in [0.3, 0.4) is 0 Å². The van der Waals surface area contributed by atoms with Crippen molar-refractivity contribution in [3.63, 3.8) is 0 Å². The molecule has 43 heavy (non-hydrogen) atoms. The number of hydrogen-bond acceptors (Lipinski definition) is 6. The van der Waals surface area contributed by atoms with Gasteiger partial charge in [0.1, 0.15) is 12.4 Å². The van der Waals surface area contributed by atoms with E-state index in [4.69, 9.17) is 27.9 Å². The Kier molecular flexibility index (Phi) is 6.56. The molecule has 3 aromatic carbocycles. The van der Waals surface area contributed by atoms with Gasteiger partial charge in [-0.25, -0.2) is 0 Å². The molecule has 8 rings (SSSR count). The van der Waals surface area contributed by atoms with Gasteiger partial charge in [0, 0.05) is 31.7 Å². The Morgan fingerprint density at radius 1 is 0.930 bits per heavy atom. The number of thioether (sulfide) groups is 1. The first-order valence-electron chi connectivity index (χ1n) is 14.3. The topological polar surface area (TPSA) is 79.5 Å². The van der Waals surface area contributed by atoms with Crippen LogP contribution in [-0.2, 0) is 16.2 Å². The minimum Gasteiger partial charge on any atom is -0.489 e. The van der Waals surface area contributed by atoms with Crippen LogP contribution in [0.4, 0.5) is 5.69 Å². The highest BCUT2D eigenvalue weighted by Gasteiger charge is 2.69. The number of rotatable bonds is 5. The maximum absolute atomic E-state index is 14.0. The molecule has 218 valence electrons. The fraction of sp³-hybridized carbons (Fsp3) is 0.303. The third kappa shape index (κ3) is 4.32. The molecule has 4 aromatic rings. The summed E-state index contributed by atoms with van der Waals surface area (Å²) in [5, 5.41) is 2.05.